The molecule has 0 radical (unpaired) electrons. The zero-order valence-corrected chi connectivity index (χ0v) is 17.0. The molecular weight excluding hydrogens is 368 g/mol. The summed E-state index contributed by atoms with van der Waals surface area (Å²) in [7, 11) is 1.94. The van der Waals surface area contributed by atoms with Crippen LogP contribution in [0.5, 0.6) is 5.75 Å². The molecule has 148 valence electrons. The number of hydrogen-bond acceptors (Lipinski definition) is 5. The van der Waals surface area contributed by atoms with Crippen LogP contribution in [0.3, 0.4) is 0 Å². The summed E-state index contributed by atoms with van der Waals surface area (Å²) in [5, 5.41) is 19.2. The first-order valence-corrected chi connectivity index (χ1v) is 10.5. The quantitative estimate of drug-likeness (QED) is 0.423. The second kappa shape index (κ2) is 11.0. The van der Waals surface area contributed by atoms with Gasteiger partial charge in [0.25, 0.3) is 0 Å². The molecule has 3 aromatic rings. The Labute approximate surface area is 171 Å². The SMILES string of the molecule is CNCCC(Oc1ccccc1C(O)NCCc1ccccc1)c1cccs1. The van der Waals surface area contributed by atoms with Gasteiger partial charge in [0.15, 0.2) is 0 Å². The van der Waals surface area contributed by atoms with Gasteiger partial charge in [-0.15, -0.1) is 11.3 Å². The van der Waals surface area contributed by atoms with Crippen molar-refractivity contribution in [2.45, 2.75) is 25.2 Å². The zero-order valence-electron chi connectivity index (χ0n) is 16.2. The third-order valence-electron chi connectivity index (χ3n) is 4.59. The minimum absolute atomic E-state index is 0.0369. The number of thiophene rings is 1. The van der Waals surface area contributed by atoms with E-state index in [4.69, 9.17) is 4.74 Å². The molecule has 0 amide bonds. The van der Waals surface area contributed by atoms with Gasteiger partial charge in [0.1, 0.15) is 18.1 Å². The van der Waals surface area contributed by atoms with Crippen molar-refractivity contribution in [1.29, 1.82) is 0 Å². The lowest BCUT2D eigenvalue weighted by Gasteiger charge is -2.22. The second-order valence-electron chi connectivity index (χ2n) is 6.64. The highest BCUT2D eigenvalue weighted by atomic mass is 32.1. The number of hydrogen-bond donors (Lipinski definition) is 3. The minimum Gasteiger partial charge on any atom is -0.484 e. The number of aliphatic hydroxyl groups is 1. The van der Waals surface area contributed by atoms with Crippen LogP contribution in [0.2, 0.25) is 0 Å². The molecule has 0 fully saturated rings. The molecule has 0 bridgehead atoms. The first kappa shape index (κ1) is 20.6. The standard InChI is InChI=1S/C23H28N2O2S/c1-24-15-14-21(22-12-7-17-28-22)27-20-11-6-5-10-19(20)23(26)25-16-13-18-8-3-2-4-9-18/h2-12,17,21,23-26H,13-16H2,1H3. The van der Waals surface area contributed by atoms with Crippen molar-refractivity contribution in [2.24, 2.45) is 0 Å². The lowest BCUT2D eigenvalue weighted by molar-refractivity contribution is 0.128. The zero-order chi connectivity index (χ0) is 19.6. The van der Waals surface area contributed by atoms with Gasteiger partial charge in [-0.05, 0) is 43.1 Å². The van der Waals surface area contributed by atoms with E-state index in [9.17, 15) is 5.11 Å². The number of rotatable bonds is 11. The van der Waals surface area contributed by atoms with E-state index in [-0.39, 0.29) is 6.10 Å². The molecule has 5 heteroatoms. The van der Waals surface area contributed by atoms with Gasteiger partial charge in [0, 0.05) is 23.4 Å². The van der Waals surface area contributed by atoms with E-state index in [1.54, 1.807) is 11.3 Å². The molecule has 2 atom stereocenters. The van der Waals surface area contributed by atoms with Gasteiger partial charge in [-0.3, -0.25) is 5.32 Å². The predicted molar refractivity (Wildman–Crippen MR) is 116 cm³/mol. The molecule has 1 heterocycles. The first-order chi connectivity index (χ1) is 13.8. The Hall–Kier alpha value is -2.18. The van der Waals surface area contributed by atoms with Gasteiger partial charge >= 0.3 is 0 Å². The molecule has 1 aromatic heterocycles. The van der Waals surface area contributed by atoms with Crippen LogP contribution in [0, 0.1) is 0 Å². The van der Waals surface area contributed by atoms with Gasteiger partial charge in [0.05, 0.1) is 0 Å². The summed E-state index contributed by atoms with van der Waals surface area (Å²) in [6.45, 7) is 1.55. The Morgan fingerprint density at radius 1 is 0.964 bits per heavy atom. The van der Waals surface area contributed by atoms with Crippen molar-refractivity contribution in [3.63, 3.8) is 0 Å². The van der Waals surface area contributed by atoms with Crippen LogP contribution in [0.1, 0.15) is 34.8 Å². The third-order valence-corrected chi connectivity index (χ3v) is 5.56. The summed E-state index contributed by atoms with van der Waals surface area (Å²) < 4.78 is 6.35. The van der Waals surface area contributed by atoms with Crippen LogP contribution in [-0.4, -0.2) is 25.2 Å². The van der Waals surface area contributed by atoms with Crippen LogP contribution in [-0.2, 0) is 6.42 Å². The maximum Gasteiger partial charge on any atom is 0.134 e. The maximum absolute atomic E-state index is 10.7. The Bertz CT molecular complexity index is 808. The highest BCUT2D eigenvalue weighted by Crippen LogP contribution is 2.32. The van der Waals surface area contributed by atoms with E-state index in [0.29, 0.717) is 6.54 Å². The summed E-state index contributed by atoms with van der Waals surface area (Å²) in [6.07, 6.45) is 0.919. The molecule has 0 aliphatic rings. The molecule has 0 aliphatic heterocycles. The first-order valence-electron chi connectivity index (χ1n) is 9.67. The van der Waals surface area contributed by atoms with Gasteiger partial charge < -0.3 is 15.2 Å². The number of ether oxygens (including phenoxy) is 1. The van der Waals surface area contributed by atoms with E-state index in [1.165, 1.54) is 10.4 Å². The topological polar surface area (TPSA) is 53.5 Å². The Balaban J connectivity index is 1.65. The average Bonchev–Trinajstić information content (AvgIpc) is 3.27. The molecule has 2 aromatic carbocycles. The van der Waals surface area contributed by atoms with Crippen molar-refractivity contribution < 1.29 is 9.84 Å². The van der Waals surface area contributed by atoms with Crippen LogP contribution in [0.15, 0.2) is 72.1 Å². The highest BCUT2D eigenvalue weighted by molar-refractivity contribution is 7.10. The van der Waals surface area contributed by atoms with Gasteiger partial charge in [-0.1, -0.05) is 54.6 Å². The largest absolute Gasteiger partial charge is 0.484 e. The summed E-state index contributed by atoms with van der Waals surface area (Å²) in [5.74, 6) is 0.719. The molecule has 4 nitrogen and oxygen atoms in total. The van der Waals surface area contributed by atoms with E-state index in [2.05, 4.69) is 34.2 Å². The fourth-order valence-electron chi connectivity index (χ4n) is 3.08. The van der Waals surface area contributed by atoms with Crippen LogP contribution >= 0.6 is 11.3 Å². The maximum atomic E-state index is 10.7. The van der Waals surface area contributed by atoms with E-state index < -0.39 is 6.23 Å². The van der Waals surface area contributed by atoms with Crippen LogP contribution in [0.4, 0.5) is 0 Å². The summed E-state index contributed by atoms with van der Waals surface area (Å²) in [6, 6.07) is 22.1. The molecule has 2 unspecified atom stereocenters. The molecule has 3 N–H and O–H groups in total. The Morgan fingerprint density at radius 2 is 1.75 bits per heavy atom. The molecular formula is C23H28N2O2S. The average molecular weight is 397 g/mol. The van der Waals surface area contributed by atoms with Crippen molar-refractivity contribution in [1.82, 2.24) is 10.6 Å². The normalized spacial score (nSPS) is 13.2. The number of benzene rings is 2. The number of para-hydroxylation sites is 1. The fraction of sp³-hybridized carbons (Fsp3) is 0.304. The third kappa shape index (κ3) is 5.91. The highest BCUT2D eigenvalue weighted by Gasteiger charge is 2.18. The van der Waals surface area contributed by atoms with E-state index in [1.807, 2.05) is 55.6 Å². The van der Waals surface area contributed by atoms with Crippen molar-refractivity contribution >= 4 is 11.3 Å². The van der Waals surface area contributed by atoms with Crippen molar-refractivity contribution in [2.75, 3.05) is 20.1 Å². The molecule has 3 rings (SSSR count). The van der Waals surface area contributed by atoms with Crippen LogP contribution in [0.25, 0.3) is 0 Å². The summed E-state index contributed by atoms with van der Waals surface area (Å²) in [4.78, 5) is 1.19. The Kier molecular flexibility index (Phi) is 8.06. The van der Waals surface area contributed by atoms with Crippen molar-refractivity contribution in [3.05, 3.63) is 88.1 Å². The molecule has 28 heavy (non-hydrogen) atoms. The number of nitrogens with one attached hydrogen (secondary N) is 2. The monoisotopic (exact) mass is 396 g/mol. The fourth-order valence-corrected chi connectivity index (χ4v) is 3.87. The minimum atomic E-state index is -0.770. The lowest BCUT2D eigenvalue weighted by atomic mass is 10.1. The summed E-state index contributed by atoms with van der Waals surface area (Å²) in [5.41, 5.74) is 2.01. The van der Waals surface area contributed by atoms with Crippen LogP contribution < -0.4 is 15.4 Å². The van der Waals surface area contributed by atoms with E-state index in [0.717, 1.165) is 30.7 Å². The number of aliphatic hydroxyl groups excluding tert-OH is 1. The lowest BCUT2D eigenvalue weighted by Crippen LogP contribution is -2.24. The molecule has 0 spiro atoms. The van der Waals surface area contributed by atoms with Gasteiger partial charge in [-0.25, -0.2) is 0 Å². The van der Waals surface area contributed by atoms with Gasteiger partial charge in [-0.2, -0.15) is 0 Å². The van der Waals surface area contributed by atoms with Gasteiger partial charge in [0.2, 0.25) is 0 Å². The molecule has 0 saturated carbocycles. The molecule has 0 saturated heterocycles. The second-order valence-corrected chi connectivity index (χ2v) is 7.62. The smallest absolute Gasteiger partial charge is 0.134 e. The summed E-state index contributed by atoms with van der Waals surface area (Å²) >= 11 is 1.70. The van der Waals surface area contributed by atoms with Crippen molar-refractivity contribution in [3.8, 4) is 5.75 Å². The Morgan fingerprint density at radius 3 is 2.50 bits per heavy atom. The molecule has 0 aliphatic carbocycles. The predicted octanol–water partition coefficient (Wildman–Crippen LogP) is 4.30. The van der Waals surface area contributed by atoms with E-state index >= 15 is 0 Å².